The first kappa shape index (κ1) is 24.8. The molecule has 0 aromatic heterocycles. The minimum atomic E-state index is -0.867. The van der Waals surface area contributed by atoms with Crippen molar-refractivity contribution in [3.05, 3.63) is 59.7 Å². The molecule has 4 rings (SSSR count). The van der Waals surface area contributed by atoms with Crippen LogP contribution in [0.2, 0.25) is 0 Å². The van der Waals surface area contributed by atoms with Crippen molar-refractivity contribution in [2.45, 2.75) is 51.5 Å². The zero-order valence-electron chi connectivity index (χ0n) is 20.3. The Morgan fingerprint density at radius 3 is 2.23 bits per heavy atom. The van der Waals surface area contributed by atoms with Crippen LogP contribution in [0.4, 0.5) is 4.79 Å². The highest BCUT2D eigenvalue weighted by Gasteiger charge is 2.35. The van der Waals surface area contributed by atoms with Gasteiger partial charge in [-0.25, -0.2) is 4.79 Å². The van der Waals surface area contributed by atoms with E-state index in [4.69, 9.17) is 9.84 Å². The largest absolute Gasteiger partial charge is 0.481 e. The average Bonchev–Trinajstić information content (AvgIpc) is 3.42. The summed E-state index contributed by atoms with van der Waals surface area (Å²) in [5, 5.41) is 14.9. The number of aliphatic carboxylic acids is 1. The van der Waals surface area contributed by atoms with E-state index >= 15 is 0 Å². The van der Waals surface area contributed by atoms with Crippen LogP contribution in [0.15, 0.2) is 48.5 Å². The summed E-state index contributed by atoms with van der Waals surface area (Å²) in [6, 6.07) is 16.1. The molecule has 2 aliphatic carbocycles. The van der Waals surface area contributed by atoms with Crippen molar-refractivity contribution >= 4 is 18.0 Å². The van der Waals surface area contributed by atoms with E-state index in [1.165, 1.54) is 11.1 Å². The first-order valence-corrected chi connectivity index (χ1v) is 12.5. The molecule has 35 heavy (non-hydrogen) atoms. The van der Waals surface area contributed by atoms with Crippen LogP contribution in [0.5, 0.6) is 0 Å². The molecule has 1 saturated carbocycles. The number of carboxylic acids is 1. The number of rotatable bonds is 9. The number of carbonyl (C=O) groups excluding carboxylic acids is 2. The van der Waals surface area contributed by atoms with Gasteiger partial charge in [-0.05, 0) is 46.9 Å². The van der Waals surface area contributed by atoms with Crippen LogP contribution in [-0.4, -0.2) is 42.3 Å². The van der Waals surface area contributed by atoms with E-state index < -0.39 is 12.1 Å². The fourth-order valence-electron chi connectivity index (χ4n) is 5.37. The summed E-state index contributed by atoms with van der Waals surface area (Å²) in [6.07, 6.45) is 1.75. The van der Waals surface area contributed by atoms with Gasteiger partial charge in [0.25, 0.3) is 0 Å². The summed E-state index contributed by atoms with van der Waals surface area (Å²) in [4.78, 5) is 36.6. The number of carbonyl (C=O) groups is 3. The minimum Gasteiger partial charge on any atom is -0.481 e. The van der Waals surface area contributed by atoms with Crippen LogP contribution in [0.1, 0.15) is 56.6 Å². The number of carboxylic acid groups (broad SMARTS) is 1. The molecule has 3 N–H and O–H groups in total. The Kier molecular flexibility index (Phi) is 7.73. The minimum absolute atomic E-state index is 0.0157. The Hall–Kier alpha value is -3.35. The zero-order chi connectivity index (χ0) is 24.9. The molecule has 1 fully saturated rings. The van der Waals surface area contributed by atoms with Crippen LogP contribution >= 0.6 is 0 Å². The summed E-state index contributed by atoms with van der Waals surface area (Å²) in [7, 11) is 0. The number of nitrogens with one attached hydrogen (secondary N) is 2. The third kappa shape index (κ3) is 5.66. The fourth-order valence-corrected chi connectivity index (χ4v) is 5.37. The lowest BCUT2D eigenvalue weighted by Crippen LogP contribution is -2.45. The van der Waals surface area contributed by atoms with E-state index in [1.54, 1.807) is 0 Å². The van der Waals surface area contributed by atoms with Crippen molar-refractivity contribution in [1.29, 1.82) is 0 Å². The second-order valence-electron chi connectivity index (χ2n) is 9.96. The molecule has 2 aromatic carbocycles. The van der Waals surface area contributed by atoms with Gasteiger partial charge in [0.2, 0.25) is 5.91 Å². The molecule has 0 radical (unpaired) electrons. The third-order valence-corrected chi connectivity index (χ3v) is 7.42. The van der Waals surface area contributed by atoms with Gasteiger partial charge in [0.1, 0.15) is 6.61 Å². The molecule has 0 saturated heterocycles. The van der Waals surface area contributed by atoms with Crippen molar-refractivity contribution in [1.82, 2.24) is 10.6 Å². The summed E-state index contributed by atoms with van der Waals surface area (Å²) in [6.45, 7) is 4.46. The lowest BCUT2D eigenvalue weighted by atomic mass is 9.92. The second kappa shape index (κ2) is 10.9. The van der Waals surface area contributed by atoms with Gasteiger partial charge in [-0.2, -0.15) is 0 Å². The van der Waals surface area contributed by atoms with E-state index in [9.17, 15) is 14.4 Å². The third-order valence-electron chi connectivity index (χ3n) is 7.42. The normalized spacial score (nSPS) is 19.6. The number of amides is 2. The van der Waals surface area contributed by atoms with Gasteiger partial charge < -0.3 is 20.5 Å². The molecular formula is C28H34N2O5. The molecule has 0 aliphatic heterocycles. The van der Waals surface area contributed by atoms with Crippen molar-refractivity contribution in [3.63, 3.8) is 0 Å². The highest BCUT2D eigenvalue weighted by molar-refractivity contribution is 5.81. The molecule has 2 aliphatic rings. The van der Waals surface area contributed by atoms with Crippen molar-refractivity contribution < 1.29 is 24.2 Å². The summed E-state index contributed by atoms with van der Waals surface area (Å²) in [5.74, 6) is -1.35. The number of benzene rings is 2. The lowest BCUT2D eigenvalue weighted by Gasteiger charge is -2.24. The van der Waals surface area contributed by atoms with E-state index in [1.807, 2.05) is 38.1 Å². The molecule has 2 aromatic rings. The number of hydrogen-bond acceptors (Lipinski definition) is 4. The molecule has 2 amide bonds. The average molecular weight is 479 g/mol. The first-order valence-electron chi connectivity index (χ1n) is 12.5. The predicted octanol–water partition coefficient (Wildman–Crippen LogP) is 4.56. The Balaban J connectivity index is 1.32. The molecule has 3 atom stereocenters. The van der Waals surface area contributed by atoms with Crippen LogP contribution in [0.25, 0.3) is 11.1 Å². The van der Waals surface area contributed by atoms with E-state index in [-0.39, 0.29) is 48.6 Å². The molecule has 7 nitrogen and oxygen atoms in total. The van der Waals surface area contributed by atoms with Crippen LogP contribution in [0, 0.1) is 17.8 Å². The number of hydrogen-bond donors (Lipinski definition) is 3. The number of ether oxygens (including phenoxy) is 1. The maximum absolute atomic E-state index is 12.8. The van der Waals surface area contributed by atoms with Crippen molar-refractivity contribution in [2.75, 3.05) is 13.2 Å². The molecule has 0 heterocycles. The molecule has 0 spiro atoms. The van der Waals surface area contributed by atoms with Crippen LogP contribution in [-0.2, 0) is 14.3 Å². The number of fused-ring (bicyclic) bond motifs is 3. The highest BCUT2D eigenvalue weighted by atomic mass is 16.5. The molecular weight excluding hydrogens is 444 g/mol. The van der Waals surface area contributed by atoms with E-state index in [0.29, 0.717) is 19.4 Å². The summed E-state index contributed by atoms with van der Waals surface area (Å²) >= 11 is 0. The summed E-state index contributed by atoms with van der Waals surface area (Å²) in [5.41, 5.74) is 4.65. The van der Waals surface area contributed by atoms with Crippen LogP contribution in [0.3, 0.4) is 0 Å². The van der Waals surface area contributed by atoms with Gasteiger partial charge in [0, 0.05) is 18.5 Å². The maximum atomic E-state index is 12.8. The Morgan fingerprint density at radius 1 is 1.00 bits per heavy atom. The molecule has 7 heteroatoms. The smallest absolute Gasteiger partial charge is 0.407 e. The standard InChI is InChI=1S/C28H34N2O5/c1-17(2)18(14-26(31)32)15-29-27(33)23-12-7-13-25(23)30-28(34)35-16-24-21-10-5-3-8-19(21)20-9-4-6-11-22(20)24/h3-6,8-11,17-18,23-25H,7,12-16H2,1-2H3,(H,29,33)(H,30,34)(H,31,32)/t18?,23-,25+/m0/s1. The SMILES string of the molecule is CC(C)C(CNC(=O)[C@H]1CCC[C@H]1NC(=O)OCC1c2ccccc2-c2ccccc21)CC(=O)O. The van der Waals surface area contributed by atoms with Gasteiger partial charge in [-0.3, -0.25) is 9.59 Å². The van der Waals surface area contributed by atoms with E-state index in [0.717, 1.165) is 17.5 Å². The van der Waals surface area contributed by atoms with Gasteiger partial charge in [-0.1, -0.05) is 68.8 Å². The Morgan fingerprint density at radius 2 is 1.63 bits per heavy atom. The zero-order valence-corrected chi connectivity index (χ0v) is 20.3. The quantitative estimate of drug-likeness (QED) is 0.490. The van der Waals surface area contributed by atoms with Crippen molar-refractivity contribution in [2.24, 2.45) is 17.8 Å². The molecule has 0 bridgehead atoms. The summed E-state index contributed by atoms with van der Waals surface area (Å²) < 4.78 is 5.66. The molecule has 1 unspecified atom stereocenters. The Labute approximate surface area is 206 Å². The van der Waals surface area contributed by atoms with Gasteiger partial charge >= 0.3 is 12.1 Å². The first-order chi connectivity index (χ1) is 16.8. The van der Waals surface area contributed by atoms with Crippen LogP contribution < -0.4 is 10.6 Å². The lowest BCUT2D eigenvalue weighted by molar-refractivity contribution is -0.138. The second-order valence-corrected chi connectivity index (χ2v) is 9.96. The Bertz CT molecular complexity index is 1040. The predicted molar refractivity (Wildman–Crippen MR) is 133 cm³/mol. The topological polar surface area (TPSA) is 105 Å². The monoisotopic (exact) mass is 478 g/mol. The van der Waals surface area contributed by atoms with E-state index in [2.05, 4.69) is 34.9 Å². The van der Waals surface area contributed by atoms with Crippen molar-refractivity contribution in [3.8, 4) is 11.1 Å². The molecule has 186 valence electrons. The fraction of sp³-hybridized carbons (Fsp3) is 0.464. The highest BCUT2D eigenvalue weighted by Crippen LogP contribution is 2.44. The maximum Gasteiger partial charge on any atom is 0.407 e. The number of alkyl carbamates (subject to hydrolysis) is 1. The van der Waals surface area contributed by atoms with Gasteiger partial charge in [0.05, 0.1) is 12.3 Å². The van der Waals surface area contributed by atoms with Gasteiger partial charge in [0.15, 0.2) is 0 Å². The van der Waals surface area contributed by atoms with Gasteiger partial charge in [-0.15, -0.1) is 0 Å².